The first-order valence-corrected chi connectivity index (χ1v) is 13.1. The molecule has 2 bridgehead atoms. The molecule has 1 amide bonds. The van der Waals surface area contributed by atoms with E-state index >= 15 is 0 Å². The van der Waals surface area contributed by atoms with E-state index in [1.54, 1.807) is 12.5 Å². The van der Waals surface area contributed by atoms with Gasteiger partial charge in [0.2, 0.25) is 5.91 Å². The topological polar surface area (TPSA) is 112 Å². The van der Waals surface area contributed by atoms with Crippen LogP contribution in [-0.4, -0.2) is 69.1 Å². The van der Waals surface area contributed by atoms with Gasteiger partial charge in [-0.3, -0.25) is 19.2 Å². The molecule has 1 N–H and O–H groups in total. The molecule has 2 fully saturated rings. The molecule has 3 unspecified atom stereocenters. The van der Waals surface area contributed by atoms with Crippen molar-refractivity contribution in [3.05, 3.63) is 77.1 Å². The number of piperazine rings is 1. The lowest BCUT2D eigenvalue weighted by atomic mass is 9.99. The van der Waals surface area contributed by atoms with Crippen molar-refractivity contribution >= 4 is 11.7 Å². The fraction of sp³-hybridized carbons (Fsp3) is 0.357. The summed E-state index contributed by atoms with van der Waals surface area (Å²) in [6.45, 7) is 2.67. The number of carbonyl (C=O) groups is 1. The minimum Gasteiger partial charge on any atom is -0.464 e. The highest BCUT2D eigenvalue weighted by Crippen LogP contribution is 2.38. The molecule has 3 atom stereocenters. The molecule has 38 heavy (non-hydrogen) atoms. The van der Waals surface area contributed by atoms with E-state index in [0.29, 0.717) is 36.6 Å². The molecule has 0 radical (unpaired) electrons. The number of nitrogens with zero attached hydrogens (tertiary/aromatic N) is 5. The molecule has 7 rings (SSSR count). The zero-order valence-electron chi connectivity index (χ0n) is 20.8. The first-order valence-electron chi connectivity index (χ1n) is 13.1. The molecule has 10 nitrogen and oxygen atoms in total. The zero-order valence-corrected chi connectivity index (χ0v) is 20.8. The van der Waals surface area contributed by atoms with Crippen molar-refractivity contribution in [2.24, 2.45) is 0 Å². The van der Waals surface area contributed by atoms with Gasteiger partial charge in [0.15, 0.2) is 5.82 Å². The van der Waals surface area contributed by atoms with Crippen molar-refractivity contribution < 1.29 is 13.7 Å². The first kappa shape index (κ1) is 23.0. The molecule has 5 aliphatic rings. The average molecular weight is 513 g/mol. The molecule has 0 saturated carbocycles. The third-order valence-corrected chi connectivity index (χ3v) is 8.03. The van der Waals surface area contributed by atoms with Gasteiger partial charge >= 0.3 is 5.76 Å². The number of pyridine rings is 1. The number of hydrogen-bond acceptors (Lipinski definition) is 8. The predicted molar refractivity (Wildman–Crippen MR) is 140 cm³/mol. The summed E-state index contributed by atoms with van der Waals surface area (Å²) in [4.78, 5) is 38.8. The van der Waals surface area contributed by atoms with Crippen LogP contribution < -0.4 is 10.7 Å². The summed E-state index contributed by atoms with van der Waals surface area (Å²) in [5.74, 6) is 1.71. The molecule has 2 saturated heterocycles. The van der Waals surface area contributed by atoms with Crippen LogP contribution in [0.4, 0.5) is 5.82 Å². The summed E-state index contributed by atoms with van der Waals surface area (Å²) in [6.07, 6.45) is 10.6. The van der Waals surface area contributed by atoms with Crippen LogP contribution in [0.2, 0.25) is 0 Å². The lowest BCUT2D eigenvalue weighted by Gasteiger charge is -2.42. The molecular weight excluding hydrogens is 484 g/mol. The van der Waals surface area contributed by atoms with Crippen molar-refractivity contribution in [3.8, 4) is 22.7 Å². The van der Waals surface area contributed by atoms with Gasteiger partial charge in [0.05, 0.1) is 18.8 Å². The SMILES string of the molecule is O=C(CN1CC2CCC(C1)N2c1ccc(-c2noc(=O)[nH]2)cn1)N1CC=CCC1c1ccc2cccoc1-2. The van der Waals surface area contributed by atoms with E-state index < -0.39 is 5.76 Å². The van der Waals surface area contributed by atoms with Gasteiger partial charge < -0.3 is 14.2 Å². The number of carbonyl (C=O) groups excluding carboxylic acids is 1. The highest BCUT2D eigenvalue weighted by atomic mass is 16.5. The van der Waals surface area contributed by atoms with Crippen molar-refractivity contribution in [3.63, 3.8) is 0 Å². The standard InChI is InChI=1S/C28H28N6O4/c35-25(33-12-2-1-5-23(33)22-10-6-18-4-3-13-37-26(18)22)17-32-15-20-8-9-21(16-32)34(20)24-11-7-19(14-29-24)27-30-28(36)38-31-27/h1-4,6-7,10-11,13-14,20-21,23H,5,8-9,12,15-17H2,(H,30,31,36). The van der Waals surface area contributed by atoms with E-state index in [4.69, 9.17) is 4.42 Å². The second-order valence-electron chi connectivity index (χ2n) is 10.3. The normalized spacial score (nSPS) is 23.4. The zero-order chi connectivity index (χ0) is 25.6. The van der Waals surface area contributed by atoms with Crippen LogP contribution in [0, 0.1) is 0 Å². The van der Waals surface area contributed by atoms with Gasteiger partial charge in [0, 0.05) is 54.6 Å². The smallest absolute Gasteiger partial charge is 0.439 e. The maximum atomic E-state index is 13.6. The molecule has 6 heterocycles. The third kappa shape index (κ3) is 4.01. The van der Waals surface area contributed by atoms with Crippen LogP contribution in [0.3, 0.4) is 0 Å². The molecule has 10 heteroatoms. The number of anilines is 1. The Morgan fingerprint density at radius 3 is 2.66 bits per heavy atom. The predicted octanol–water partition coefficient (Wildman–Crippen LogP) is 3.31. The van der Waals surface area contributed by atoms with Crippen molar-refractivity contribution in [1.29, 1.82) is 0 Å². The van der Waals surface area contributed by atoms with Crippen LogP contribution in [0.15, 0.2) is 74.7 Å². The molecule has 2 aromatic rings. The Balaban J connectivity index is 1.04. The van der Waals surface area contributed by atoms with Gasteiger partial charge in [-0.15, -0.1) is 0 Å². The Bertz CT molecular complexity index is 1490. The number of rotatable bonds is 5. The lowest BCUT2D eigenvalue weighted by molar-refractivity contribution is -0.134. The average Bonchev–Trinajstić information content (AvgIpc) is 3.64. The second kappa shape index (κ2) is 9.29. The minimum absolute atomic E-state index is 0.0171. The molecule has 0 aromatic carbocycles. The lowest BCUT2D eigenvalue weighted by Crippen LogP contribution is -2.56. The number of fused-ring (bicyclic) bond motifs is 3. The van der Waals surface area contributed by atoms with E-state index in [1.807, 2.05) is 29.2 Å². The van der Waals surface area contributed by atoms with E-state index in [9.17, 15) is 9.59 Å². The van der Waals surface area contributed by atoms with E-state index in [2.05, 4.69) is 53.7 Å². The molecule has 4 aliphatic heterocycles. The van der Waals surface area contributed by atoms with Crippen LogP contribution in [0.25, 0.3) is 22.7 Å². The fourth-order valence-electron chi connectivity index (χ4n) is 6.32. The summed E-state index contributed by atoms with van der Waals surface area (Å²) in [5.41, 5.74) is 2.84. The Hall–Kier alpha value is -4.18. The van der Waals surface area contributed by atoms with Crippen LogP contribution in [0.1, 0.15) is 30.9 Å². The number of nitrogens with one attached hydrogen (secondary N) is 1. The van der Waals surface area contributed by atoms with Crippen molar-refractivity contribution in [1.82, 2.24) is 24.9 Å². The van der Waals surface area contributed by atoms with Gasteiger partial charge in [-0.05, 0) is 43.5 Å². The number of H-pyrrole nitrogens is 1. The highest BCUT2D eigenvalue weighted by molar-refractivity contribution is 5.80. The molecule has 1 aliphatic carbocycles. The Morgan fingerprint density at radius 2 is 1.89 bits per heavy atom. The van der Waals surface area contributed by atoms with Crippen LogP contribution in [0.5, 0.6) is 0 Å². The number of aromatic nitrogens is 3. The largest absolute Gasteiger partial charge is 0.464 e. The van der Waals surface area contributed by atoms with E-state index in [-0.39, 0.29) is 11.9 Å². The van der Waals surface area contributed by atoms with Gasteiger partial charge in [-0.2, -0.15) is 0 Å². The fourth-order valence-corrected chi connectivity index (χ4v) is 6.32. The first-order chi connectivity index (χ1) is 18.6. The Kier molecular flexibility index (Phi) is 5.61. The van der Waals surface area contributed by atoms with E-state index in [1.165, 1.54) is 0 Å². The van der Waals surface area contributed by atoms with Gasteiger partial charge in [-0.1, -0.05) is 29.4 Å². The maximum Gasteiger partial charge on any atom is 0.439 e. The van der Waals surface area contributed by atoms with Crippen molar-refractivity contribution in [2.75, 3.05) is 31.1 Å². The molecule has 194 valence electrons. The number of aromatic amines is 1. The number of likely N-dealkylation sites (tertiary alicyclic amines) is 1. The molecule has 2 aromatic heterocycles. The van der Waals surface area contributed by atoms with Gasteiger partial charge in [0.1, 0.15) is 11.6 Å². The summed E-state index contributed by atoms with van der Waals surface area (Å²) >= 11 is 0. The molecule has 0 spiro atoms. The quantitative estimate of drug-likeness (QED) is 0.406. The van der Waals surface area contributed by atoms with E-state index in [0.717, 1.165) is 55.1 Å². The maximum absolute atomic E-state index is 13.6. The summed E-state index contributed by atoms with van der Waals surface area (Å²) < 4.78 is 10.4. The highest BCUT2D eigenvalue weighted by Gasteiger charge is 2.41. The van der Waals surface area contributed by atoms with Crippen LogP contribution in [-0.2, 0) is 4.79 Å². The Morgan fingerprint density at radius 1 is 1.05 bits per heavy atom. The van der Waals surface area contributed by atoms with Gasteiger partial charge in [0.25, 0.3) is 0 Å². The third-order valence-electron chi connectivity index (χ3n) is 8.03. The second-order valence-corrected chi connectivity index (χ2v) is 10.3. The summed E-state index contributed by atoms with van der Waals surface area (Å²) in [5, 5.41) is 3.73. The van der Waals surface area contributed by atoms with Crippen molar-refractivity contribution in [2.45, 2.75) is 37.4 Å². The van der Waals surface area contributed by atoms with Gasteiger partial charge in [-0.25, -0.2) is 9.78 Å². The number of amides is 1. The summed E-state index contributed by atoms with van der Waals surface area (Å²) in [7, 11) is 0. The van der Waals surface area contributed by atoms with Crippen LogP contribution >= 0.6 is 0 Å². The summed E-state index contributed by atoms with van der Waals surface area (Å²) in [6, 6.07) is 12.6. The monoisotopic (exact) mass is 512 g/mol. The number of hydrogen-bond donors (Lipinski definition) is 1. The Labute approximate surface area is 218 Å². The minimum atomic E-state index is -0.585. The molecular formula is C28H28N6O4.